The lowest BCUT2D eigenvalue weighted by Crippen LogP contribution is -2.43. The summed E-state index contributed by atoms with van der Waals surface area (Å²) in [7, 11) is -0.699. The van der Waals surface area contributed by atoms with Crippen molar-refractivity contribution in [2.24, 2.45) is 5.73 Å². The Morgan fingerprint density at radius 3 is 1.47 bits per heavy atom. The second kappa shape index (κ2) is 22.8. The molecule has 0 aliphatic heterocycles. The fourth-order valence-corrected chi connectivity index (χ4v) is 9.02. The van der Waals surface area contributed by atoms with Gasteiger partial charge in [-0.05, 0) is 26.9 Å². The smallest absolute Gasteiger partial charge is 0.362 e. The highest BCUT2D eigenvalue weighted by atomic mass is 31.2. The molecule has 0 fully saturated rings. The summed E-state index contributed by atoms with van der Waals surface area (Å²) in [6.07, 6.45) is 19.1. The standard InChI is InChI=1S/C27H60N2O7P2/c1-7-8-9-10-11-12-13-14-15-16-17-18-19-20-24-35-25-21-26-36-38(31,34-6)27(28,22-23-29(2)3)37(30,32-4)33-5/h7-26,28H2,1-6H3. The SMILES string of the molecule is CCCCCCCCCCCCCCCCOCCCOP(=O)(OC)C(N)(CCN(C)C)P(=O)(OC)OC. The Labute approximate surface area is 234 Å². The molecule has 0 aromatic rings. The summed E-state index contributed by atoms with van der Waals surface area (Å²) in [5.74, 6) is 0. The largest absolute Gasteiger partial charge is 0.381 e. The predicted molar refractivity (Wildman–Crippen MR) is 158 cm³/mol. The van der Waals surface area contributed by atoms with Crippen molar-refractivity contribution < 1.29 is 32.0 Å². The van der Waals surface area contributed by atoms with Crippen molar-refractivity contribution in [1.82, 2.24) is 4.90 Å². The van der Waals surface area contributed by atoms with Crippen molar-refractivity contribution in [1.29, 1.82) is 0 Å². The molecule has 0 amide bonds. The second-order valence-corrected chi connectivity index (χ2v) is 15.7. The molecule has 0 radical (unpaired) electrons. The van der Waals surface area contributed by atoms with Crippen molar-refractivity contribution in [3.8, 4) is 0 Å². The zero-order chi connectivity index (χ0) is 28.8. The lowest BCUT2D eigenvalue weighted by molar-refractivity contribution is 0.110. The maximum Gasteiger partial charge on any atom is 0.362 e. The monoisotopic (exact) mass is 586 g/mol. The van der Waals surface area contributed by atoms with Gasteiger partial charge in [0, 0.05) is 47.5 Å². The van der Waals surface area contributed by atoms with Crippen molar-refractivity contribution in [2.45, 2.75) is 115 Å². The average molecular weight is 587 g/mol. The molecule has 0 saturated carbocycles. The topological polar surface area (TPSA) is 110 Å². The predicted octanol–water partition coefficient (Wildman–Crippen LogP) is 7.78. The van der Waals surface area contributed by atoms with Crippen LogP contribution in [0.25, 0.3) is 0 Å². The number of hydrogen-bond donors (Lipinski definition) is 1. The minimum atomic E-state index is -4.04. The van der Waals surface area contributed by atoms with Crippen LogP contribution in [0.1, 0.15) is 110 Å². The molecule has 0 saturated heterocycles. The third kappa shape index (κ3) is 14.7. The molecule has 2 N–H and O–H groups in total. The summed E-state index contributed by atoms with van der Waals surface area (Å²) < 4.78 is 53.6. The summed E-state index contributed by atoms with van der Waals surface area (Å²) in [5, 5.41) is -1.93. The Morgan fingerprint density at radius 2 is 1.05 bits per heavy atom. The van der Waals surface area contributed by atoms with Crippen LogP contribution in [-0.2, 0) is 32.0 Å². The van der Waals surface area contributed by atoms with Gasteiger partial charge < -0.3 is 33.5 Å². The fraction of sp³-hybridized carbons (Fsp3) is 1.00. The van der Waals surface area contributed by atoms with E-state index in [-0.39, 0.29) is 13.0 Å². The molecule has 0 bridgehead atoms. The van der Waals surface area contributed by atoms with Gasteiger partial charge in [-0.15, -0.1) is 0 Å². The highest BCUT2D eigenvalue weighted by molar-refractivity contribution is 7.74. The van der Waals surface area contributed by atoms with E-state index in [9.17, 15) is 9.13 Å². The van der Waals surface area contributed by atoms with Crippen LogP contribution >= 0.6 is 15.2 Å². The maximum absolute atomic E-state index is 13.6. The van der Waals surface area contributed by atoms with Crippen molar-refractivity contribution >= 4 is 15.2 Å². The van der Waals surface area contributed by atoms with Gasteiger partial charge in [0.2, 0.25) is 5.02 Å². The first kappa shape index (κ1) is 38.2. The Kier molecular flexibility index (Phi) is 22.9. The number of ether oxygens (including phenoxy) is 1. The van der Waals surface area contributed by atoms with E-state index in [4.69, 9.17) is 28.6 Å². The van der Waals surface area contributed by atoms with Gasteiger partial charge in [0.05, 0.1) is 6.61 Å². The number of unbranched alkanes of at least 4 members (excludes halogenated alkanes) is 13. The summed E-state index contributed by atoms with van der Waals surface area (Å²) in [4.78, 5) is 1.84. The van der Waals surface area contributed by atoms with Gasteiger partial charge in [0.1, 0.15) is 0 Å². The Balaban J connectivity index is 4.06. The number of hydrogen-bond acceptors (Lipinski definition) is 9. The zero-order valence-electron chi connectivity index (χ0n) is 25.4. The van der Waals surface area contributed by atoms with Gasteiger partial charge in [0.25, 0.3) is 0 Å². The number of nitrogens with zero attached hydrogens (tertiary/aromatic N) is 1. The molecule has 38 heavy (non-hydrogen) atoms. The van der Waals surface area contributed by atoms with E-state index in [0.717, 1.165) is 6.42 Å². The molecule has 230 valence electrons. The van der Waals surface area contributed by atoms with Gasteiger partial charge >= 0.3 is 15.2 Å². The summed E-state index contributed by atoms with van der Waals surface area (Å²) in [5.41, 5.74) is 6.43. The minimum absolute atomic E-state index is 0.0414. The molecule has 0 aliphatic rings. The van der Waals surface area contributed by atoms with E-state index in [0.29, 0.717) is 26.2 Å². The van der Waals surface area contributed by atoms with Gasteiger partial charge in [0.15, 0.2) is 0 Å². The third-order valence-electron chi connectivity index (χ3n) is 6.93. The van der Waals surface area contributed by atoms with E-state index in [1.54, 1.807) is 0 Å². The molecule has 0 aromatic carbocycles. The Hall–Kier alpha value is 0.180. The first-order valence-electron chi connectivity index (χ1n) is 14.7. The Morgan fingerprint density at radius 1 is 0.632 bits per heavy atom. The first-order chi connectivity index (χ1) is 18.2. The van der Waals surface area contributed by atoms with Crippen LogP contribution in [0.15, 0.2) is 0 Å². The number of rotatable bonds is 28. The summed E-state index contributed by atoms with van der Waals surface area (Å²) in [6.45, 7) is 3.93. The fourth-order valence-electron chi connectivity index (χ4n) is 4.37. The van der Waals surface area contributed by atoms with Crippen LogP contribution in [0.2, 0.25) is 0 Å². The molecule has 0 aromatic heterocycles. The van der Waals surface area contributed by atoms with Gasteiger partial charge in [-0.3, -0.25) is 9.13 Å². The summed E-state index contributed by atoms with van der Waals surface area (Å²) in [6, 6.07) is 0. The minimum Gasteiger partial charge on any atom is -0.381 e. The molecule has 2 atom stereocenters. The third-order valence-corrected chi connectivity index (χ3v) is 12.7. The molecule has 0 rings (SSSR count). The van der Waals surface area contributed by atoms with Crippen LogP contribution in [0.3, 0.4) is 0 Å². The second-order valence-electron chi connectivity index (χ2n) is 10.4. The van der Waals surface area contributed by atoms with E-state index in [1.807, 2.05) is 19.0 Å². The average Bonchev–Trinajstić information content (AvgIpc) is 2.92. The lowest BCUT2D eigenvalue weighted by atomic mass is 10.0. The molecule has 0 spiro atoms. The summed E-state index contributed by atoms with van der Waals surface area (Å²) >= 11 is 0. The van der Waals surface area contributed by atoms with E-state index < -0.39 is 20.2 Å². The van der Waals surface area contributed by atoms with Crippen LogP contribution in [0.4, 0.5) is 0 Å². The van der Waals surface area contributed by atoms with Gasteiger partial charge in [-0.2, -0.15) is 0 Å². The quantitative estimate of drug-likeness (QED) is 0.0726. The van der Waals surface area contributed by atoms with E-state index in [1.165, 1.54) is 105 Å². The highest BCUT2D eigenvalue weighted by Gasteiger charge is 2.62. The van der Waals surface area contributed by atoms with Gasteiger partial charge in [-0.25, -0.2) is 0 Å². The molecule has 0 aliphatic carbocycles. The molecule has 0 heterocycles. The van der Waals surface area contributed by atoms with E-state index in [2.05, 4.69) is 6.92 Å². The maximum atomic E-state index is 13.6. The zero-order valence-corrected chi connectivity index (χ0v) is 27.2. The van der Waals surface area contributed by atoms with Crippen molar-refractivity contribution in [3.05, 3.63) is 0 Å². The molecule has 9 nitrogen and oxygen atoms in total. The normalized spacial score (nSPS) is 15.6. The molecular weight excluding hydrogens is 526 g/mol. The molecule has 2 unspecified atom stereocenters. The number of nitrogens with two attached hydrogens (primary N) is 1. The molecular formula is C27H60N2O7P2. The first-order valence-corrected chi connectivity index (χ1v) is 17.8. The highest BCUT2D eigenvalue weighted by Crippen LogP contribution is 2.75. The van der Waals surface area contributed by atoms with Crippen LogP contribution in [-0.4, -0.2) is 71.7 Å². The van der Waals surface area contributed by atoms with Crippen LogP contribution in [0.5, 0.6) is 0 Å². The van der Waals surface area contributed by atoms with Gasteiger partial charge in [-0.1, -0.05) is 90.4 Å². The van der Waals surface area contributed by atoms with E-state index >= 15 is 0 Å². The van der Waals surface area contributed by atoms with Crippen molar-refractivity contribution in [3.63, 3.8) is 0 Å². The Bertz CT molecular complexity index is 647. The molecule has 11 heteroatoms. The van der Waals surface area contributed by atoms with Crippen LogP contribution in [0, 0.1) is 0 Å². The van der Waals surface area contributed by atoms with Crippen molar-refractivity contribution in [2.75, 3.05) is 61.8 Å². The lowest BCUT2D eigenvalue weighted by Gasteiger charge is -2.38. The van der Waals surface area contributed by atoms with Crippen LogP contribution < -0.4 is 5.73 Å².